The van der Waals surface area contributed by atoms with Crippen LogP contribution in [0.4, 0.5) is 5.13 Å². The lowest BCUT2D eigenvalue weighted by Crippen LogP contribution is -2.38. The van der Waals surface area contributed by atoms with E-state index in [1.165, 1.54) is 4.90 Å². The summed E-state index contributed by atoms with van der Waals surface area (Å²) < 4.78 is 0. The Kier molecular flexibility index (Phi) is 6.85. The van der Waals surface area contributed by atoms with Gasteiger partial charge in [0.25, 0.3) is 5.91 Å². The predicted octanol–water partition coefficient (Wildman–Crippen LogP) is 2.57. The molecule has 0 aliphatic carbocycles. The Bertz CT molecular complexity index is 786. The second-order valence-electron chi connectivity index (χ2n) is 5.86. The summed E-state index contributed by atoms with van der Waals surface area (Å²) in [5.41, 5.74) is 1.98. The molecule has 1 aromatic carbocycles. The number of nitrogens with one attached hydrogen (secondary N) is 1. The van der Waals surface area contributed by atoms with Gasteiger partial charge in [-0.25, -0.2) is 4.98 Å². The summed E-state index contributed by atoms with van der Waals surface area (Å²) in [5, 5.41) is 13.3. The van der Waals surface area contributed by atoms with E-state index in [9.17, 15) is 14.4 Å². The Labute approximate surface area is 155 Å². The van der Waals surface area contributed by atoms with Crippen LogP contribution in [0.15, 0.2) is 29.6 Å². The standard InChI is InChI=1S/C18H21N3O4S/c1-3-8-21(17(25)13-6-4-12(2)5-7-13)10-15(22)20-18-19-14(11-26-18)9-16(23)24/h4-7,11H,3,8-10H2,1-2H3,(H,23,24)(H,19,20,22). The first-order valence-electron chi connectivity index (χ1n) is 8.21. The maximum absolute atomic E-state index is 12.6. The van der Waals surface area contributed by atoms with Gasteiger partial charge in [-0.2, -0.15) is 0 Å². The Balaban J connectivity index is 2.00. The predicted molar refractivity (Wildman–Crippen MR) is 99.5 cm³/mol. The number of nitrogens with zero attached hydrogens (tertiary/aromatic N) is 2. The van der Waals surface area contributed by atoms with E-state index in [1.807, 2.05) is 26.0 Å². The number of thiazole rings is 1. The van der Waals surface area contributed by atoms with E-state index in [0.29, 0.717) is 22.9 Å². The van der Waals surface area contributed by atoms with Crippen molar-refractivity contribution < 1.29 is 19.5 Å². The summed E-state index contributed by atoms with van der Waals surface area (Å²) >= 11 is 1.16. The minimum Gasteiger partial charge on any atom is -0.481 e. The molecule has 2 amide bonds. The summed E-state index contributed by atoms with van der Waals surface area (Å²) in [6, 6.07) is 7.21. The molecular formula is C18H21N3O4S. The average Bonchev–Trinajstić information content (AvgIpc) is 3.00. The van der Waals surface area contributed by atoms with E-state index < -0.39 is 5.97 Å². The largest absolute Gasteiger partial charge is 0.481 e. The second-order valence-corrected chi connectivity index (χ2v) is 6.71. The summed E-state index contributed by atoms with van der Waals surface area (Å²) in [4.78, 5) is 41.1. The maximum atomic E-state index is 12.6. The highest BCUT2D eigenvalue weighted by molar-refractivity contribution is 7.13. The number of aliphatic carboxylic acids is 1. The molecule has 1 heterocycles. The van der Waals surface area contributed by atoms with Crippen LogP contribution in [0, 0.1) is 6.92 Å². The van der Waals surface area contributed by atoms with Crippen LogP contribution in [-0.2, 0) is 16.0 Å². The Morgan fingerprint density at radius 1 is 1.23 bits per heavy atom. The first-order chi connectivity index (χ1) is 12.4. The number of carbonyl (C=O) groups excluding carboxylic acids is 2. The van der Waals surface area contributed by atoms with Crippen molar-refractivity contribution in [1.29, 1.82) is 0 Å². The van der Waals surface area contributed by atoms with Crippen molar-refractivity contribution in [3.05, 3.63) is 46.5 Å². The third-order valence-corrected chi connectivity index (χ3v) is 4.35. The van der Waals surface area contributed by atoms with Gasteiger partial charge in [0.15, 0.2) is 5.13 Å². The molecule has 8 heteroatoms. The Morgan fingerprint density at radius 2 is 1.92 bits per heavy atom. The molecule has 0 saturated heterocycles. The van der Waals surface area contributed by atoms with Crippen LogP contribution < -0.4 is 5.32 Å². The van der Waals surface area contributed by atoms with Crippen LogP contribution in [-0.4, -0.2) is 45.9 Å². The van der Waals surface area contributed by atoms with Crippen LogP contribution in [0.5, 0.6) is 0 Å². The zero-order valence-electron chi connectivity index (χ0n) is 14.7. The van der Waals surface area contributed by atoms with Gasteiger partial charge < -0.3 is 15.3 Å². The smallest absolute Gasteiger partial charge is 0.309 e. The molecule has 26 heavy (non-hydrogen) atoms. The van der Waals surface area contributed by atoms with Gasteiger partial charge in [0.05, 0.1) is 12.1 Å². The minimum atomic E-state index is -0.981. The molecule has 0 aliphatic rings. The second kappa shape index (κ2) is 9.10. The molecule has 0 bridgehead atoms. The molecule has 0 aliphatic heterocycles. The number of hydrogen-bond acceptors (Lipinski definition) is 5. The van der Waals surface area contributed by atoms with Crippen molar-refractivity contribution in [2.75, 3.05) is 18.4 Å². The molecule has 1 aromatic heterocycles. The highest BCUT2D eigenvalue weighted by atomic mass is 32.1. The van der Waals surface area contributed by atoms with Crippen LogP contribution >= 0.6 is 11.3 Å². The van der Waals surface area contributed by atoms with E-state index in [4.69, 9.17) is 5.11 Å². The number of amides is 2. The SMILES string of the molecule is CCCN(CC(=O)Nc1nc(CC(=O)O)cs1)C(=O)c1ccc(C)cc1. The number of aromatic nitrogens is 1. The molecular weight excluding hydrogens is 354 g/mol. The molecule has 0 spiro atoms. The van der Waals surface area contributed by atoms with Crippen molar-refractivity contribution in [2.24, 2.45) is 0 Å². The van der Waals surface area contributed by atoms with E-state index in [-0.39, 0.29) is 24.8 Å². The molecule has 0 atom stereocenters. The zero-order chi connectivity index (χ0) is 19.1. The maximum Gasteiger partial charge on any atom is 0.309 e. The topological polar surface area (TPSA) is 99.6 Å². The van der Waals surface area contributed by atoms with Crippen LogP contribution in [0.2, 0.25) is 0 Å². The summed E-state index contributed by atoms with van der Waals surface area (Å²) in [5.74, 6) is -1.55. The van der Waals surface area contributed by atoms with Crippen molar-refractivity contribution in [3.8, 4) is 0 Å². The van der Waals surface area contributed by atoms with E-state index in [0.717, 1.165) is 23.3 Å². The molecule has 2 aromatic rings. The van der Waals surface area contributed by atoms with E-state index >= 15 is 0 Å². The summed E-state index contributed by atoms with van der Waals surface area (Å²) in [6.07, 6.45) is 0.533. The number of hydrogen-bond donors (Lipinski definition) is 2. The average molecular weight is 375 g/mol. The van der Waals surface area contributed by atoms with Crippen LogP contribution in [0.25, 0.3) is 0 Å². The van der Waals surface area contributed by atoms with Crippen LogP contribution in [0.3, 0.4) is 0 Å². The molecule has 2 N–H and O–H groups in total. The Morgan fingerprint density at radius 3 is 2.54 bits per heavy atom. The van der Waals surface area contributed by atoms with Gasteiger partial charge >= 0.3 is 5.97 Å². The lowest BCUT2D eigenvalue weighted by molar-refractivity contribution is -0.136. The zero-order valence-corrected chi connectivity index (χ0v) is 15.5. The van der Waals surface area contributed by atoms with Crippen LogP contribution in [0.1, 0.15) is 35.0 Å². The quantitative estimate of drug-likeness (QED) is 0.739. The van der Waals surface area contributed by atoms with Gasteiger partial charge in [0.2, 0.25) is 5.91 Å². The number of carboxylic acids is 1. The number of rotatable bonds is 8. The molecule has 0 radical (unpaired) electrons. The number of benzene rings is 1. The van der Waals surface area contributed by atoms with Gasteiger partial charge in [-0.3, -0.25) is 14.4 Å². The molecule has 0 fully saturated rings. The number of anilines is 1. The van der Waals surface area contributed by atoms with Gasteiger partial charge in [0, 0.05) is 17.5 Å². The lowest BCUT2D eigenvalue weighted by atomic mass is 10.1. The number of aryl methyl sites for hydroxylation is 1. The number of carboxylic acid groups (broad SMARTS) is 1. The first kappa shape index (κ1) is 19.6. The van der Waals surface area contributed by atoms with Crippen molar-refractivity contribution >= 4 is 34.3 Å². The summed E-state index contributed by atoms with van der Waals surface area (Å²) in [7, 11) is 0. The molecule has 7 nitrogen and oxygen atoms in total. The van der Waals surface area contributed by atoms with Crippen molar-refractivity contribution in [2.45, 2.75) is 26.7 Å². The van der Waals surface area contributed by atoms with Gasteiger partial charge in [-0.15, -0.1) is 11.3 Å². The van der Waals surface area contributed by atoms with Gasteiger partial charge in [0.1, 0.15) is 6.54 Å². The minimum absolute atomic E-state index is 0.0889. The fourth-order valence-electron chi connectivity index (χ4n) is 2.33. The monoisotopic (exact) mass is 375 g/mol. The van der Waals surface area contributed by atoms with Gasteiger partial charge in [-0.05, 0) is 25.5 Å². The highest BCUT2D eigenvalue weighted by Crippen LogP contribution is 2.16. The fraction of sp³-hybridized carbons (Fsp3) is 0.333. The number of carbonyl (C=O) groups is 3. The first-order valence-corrected chi connectivity index (χ1v) is 9.09. The molecule has 2 rings (SSSR count). The molecule has 138 valence electrons. The van der Waals surface area contributed by atoms with E-state index in [1.54, 1.807) is 17.5 Å². The summed E-state index contributed by atoms with van der Waals surface area (Å²) in [6.45, 7) is 4.25. The van der Waals surface area contributed by atoms with Crippen molar-refractivity contribution in [1.82, 2.24) is 9.88 Å². The third kappa shape index (κ3) is 5.66. The Hall–Kier alpha value is -2.74. The lowest BCUT2D eigenvalue weighted by Gasteiger charge is -2.21. The van der Waals surface area contributed by atoms with Gasteiger partial charge in [-0.1, -0.05) is 24.6 Å². The van der Waals surface area contributed by atoms with Crippen molar-refractivity contribution in [3.63, 3.8) is 0 Å². The highest BCUT2D eigenvalue weighted by Gasteiger charge is 2.19. The van der Waals surface area contributed by atoms with E-state index in [2.05, 4.69) is 10.3 Å². The normalized spacial score (nSPS) is 10.4. The fourth-order valence-corrected chi connectivity index (χ4v) is 3.06. The molecule has 0 saturated carbocycles. The molecule has 0 unspecified atom stereocenters. The third-order valence-electron chi connectivity index (χ3n) is 3.54.